The van der Waals surface area contributed by atoms with Gasteiger partial charge in [-0.05, 0) is 43.3 Å². The van der Waals surface area contributed by atoms with Gasteiger partial charge in [-0.2, -0.15) is 4.99 Å². The minimum atomic E-state index is -0.422. The third-order valence-electron chi connectivity index (χ3n) is 4.22. The maximum Gasteiger partial charge on any atom is 0.270 e. The fourth-order valence-corrected chi connectivity index (χ4v) is 4.01. The molecule has 4 rings (SSSR count). The van der Waals surface area contributed by atoms with Crippen LogP contribution in [0.1, 0.15) is 12.5 Å². The van der Waals surface area contributed by atoms with E-state index in [-0.39, 0.29) is 17.6 Å². The summed E-state index contributed by atoms with van der Waals surface area (Å²) >= 11 is 4.66. The number of fused-ring (bicyclic) bond motifs is 3. The highest BCUT2D eigenvalue weighted by Crippen LogP contribution is 2.33. The normalized spacial score (nSPS) is 17.8. The van der Waals surface area contributed by atoms with Crippen molar-refractivity contribution >= 4 is 61.9 Å². The summed E-state index contributed by atoms with van der Waals surface area (Å²) in [6.45, 7) is 1.80. The summed E-state index contributed by atoms with van der Waals surface area (Å²) in [4.78, 5) is 35.1. The molecule has 0 saturated carbocycles. The zero-order valence-corrected chi connectivity index (χ0v) is 16.8. The average Bonchev–Trinajstić information content (AvgIpc) is 2.97. The van der Waals surface area contributed by atoms with Gasteiger partial charge in [-0.25, -0.2) is 4.99 Å². The predicted octanol–water partition coefficient (Wildman–Crippen LogP) is 3.80. The van der Waals surface area contributed by atoms with E-state index in [1.54, 1.807) is 6.92 Å². The van der Waals surface area contributed by atoms with Crippen molar-refractivity contribution in [3.8, 4) is 0 Å². The number of halogens is 1. The number of nitrogens with one attached hydrogen (secondary N) is 1. The van der Waals surface area contributed by atoms with Crippen molar-refractivity contribution in [2.75, 3.05) is 11.1 Å². The van der Waals surface area contributed by atoms with Gasteiger partial charge in [-0.1, -0.05) is 39.8 Å². The predicted molar refractivity (Wildman–Crippen MR) is 112 cm³/mol. The van der Waals surface area contributed by atoms with Crippen molar-refractivity contribution in [3.05, 3.63) is 58.6 Å². The number of carbonyl (C=O) groups is 2. The molecule has 8 heteroatoms. The minimum absolute atomic E-state index is 0.138. The molecule has 2 aromatic carbocycles. The first-order valence-corrected chi connectivity index (χ1v) is 10.1. The van der Waals surface area contributed by atoms with Crippen molar-refractivity contribution in [2.24, 2.45) is 9.98 Å². The van der Waals surface area contributed by atoms with Crippen molar-refractivity contribution in [1.29, 1.82) is 0 Å². The van der Waals surface area contributed by atoms with Crippen LogP contribution in [0.2, 0.25) is 0 Å². The topological polar surface area (TPSA) is 74.1 Å². The maximum atomic E-state index is 12.3. The van der Waals surface area contributed by atoms with Crippen LogP contribution < -0.4 is 5.32 Å². The summed E-state index contributed by atoms with van der Waals surface area (Å²) in [5.41, 5.74) is 2.32. The number of aliphatic imine (C=N–C) groups is 2. The first-order chi connectivity index (χ1) is 13.0. The molecule has 0 aliphatic carbocycles. The molecule has 0 bridgehead atoms. The Morgan fingerprint density at radius 2 is 1.93 bits per heavy atom. The maximum absolute atomic E-state index is 12.3. The molecular weight excluding hydrogens is 428 g/mol. The summed E-state index contributed by atoms with van der Waals surface area (Å²) in [6.07, 6.45) is 0. The van der Waals surface area contributed by atoms with Crippen LogP contribution in [-0.4, -0.2) is 39.5 Å². The van der Waals surface area contributed by atoms with E-state index in [1.807, 2.05) is 53.4 Å². The molecule has 2 aliphatic heterocycles. The smallest absolute Gasteiger partial charge is 0.270 e. The quantitative estimate of drug-likeness (QED) is 0.784. The molecule has 1 N–H and O–H groups in total. The third-order valence-corrected chi connectivity index (χ3v) is 5.70. The molecule has 0 aromatic heterocycles. The molecule has 6 nitrogen and oxygen atoms in total. The standard InChI is InChI=1S/C19H15BrN4O2S/c1-11-18(26)23-17-14-4-2-3-5-15(14)22-19(24(11)17)27-10-16(25)21-13-8-6-12(20)7-9-13/h2-9,11H,10H2,1H3,(H,21,25). The fraction of sp³-hybridized carbons (Fsp3) is 0.158. The van der Waals surface area contributed by atoms with Gasteiger partial charge in [0.05, 0.1) is 11.4 Å². The summed E-state index contributed by atoms with van der Waals surface area (Å²) in [5.74, 6) is 0.450. The van der Waals surface area contributed by atoms with Gasteiger partial charge in [-0.3, -0.25) is 14.5 Å². The van der Waals surface area contributed by atoms with E-state index in [1.165, 1.54) is 11.8 Å². The highest BCUT2D eigenvalue weighted by atomic mass is 79.9. The number of para-hydroxylation sites is 1. The van der Waals surface area contributed by atoms with E-state index in [2.05, 4.69) is 31.2 Å². The van der Waals surface area contributed by atoms with Gasteiger partial charge in [0.15, 0.2) is 5.17 Å². The van der Waals surface area contributed by atoms with E-state index in [0.29, 0.717) is 11.0 Å². The van der Waals surface area contributed by atoms with E-state index >= 15 is 0 Å². The molecule has 2 aromatic rings. The van der Waals surface area contributed by atoms with Crippen LogP contribution in [0.5, 0.6) is 0 Å². The number of hydrogen-bond donors (Lipinski definition) is 1. The zero-order chi connectivity index (χ0) is 19.0. The van der Waals surface area contributed by atoms with E-state index in [9.17, 15) is 9.59 Å². The first kappa shape index (κ1) is 17.9. The molecular formula is C19H15BrN4O2S. The summed E-state index contributed by atoms with van der Waals surface area (Å²) in [6, 6.07) is 14.5. The number of thioether (sulfide) groups is 1. The van der Waals surface area contributed by atoms with Crippen molar-refractivity contribution in [3.63, 3.8) is 0 Å². The number of benzene rings is 2. The van der Waals surface area contributed by atoms with E-state index < -0.39 is 6.04 Å². The summed E-state index contributed by atoms with van der Waals surface area (Å²) in [7, 11) is 0. The van der Waals surface area contributed by atoms with Gasteiger partial charge in [0, 0.05) is 15.7 Å². The third kappa shape index (κ3) is 3.54. The van der Waals surface area contributed by atoms with Crippen LogP contribution in [0.15, 0.2) is 63.0 Å². The number of rotatable bonds is 3. The molecule has 0 radical (unpaired) electrons. The van der Waals surface area contributed by atoms with Gasteiger partial charge in [-0.15, -0.1) is 0 Å². The van der Waals surface area contributed by atoms with Gasteiger partial charge >= 0.3 is 0 Å². The molecule has 0 saturated heterocycles. The van der Waals surface area contributed by atoms with Crippen molar-refractivity contribution in [1.82, 2.24) is 4.90 Å². The Hall–Kier alpha value is -2.45. The Morgan fingerprint density at radius 3 is 2.70 bits per heavy atom. The van der Waals surface area contributed by atoms with Crippen LogP contribution >= 0.6 is 27.7 Å². The second kappa shape index (κ2) is 7.28. The number of anilines is 1. The number of amides is 2. The Morgan fingerprint density at radius 1 is 1.19 bits per heavy atom. The lowest BCUT2D eigenvalue weighted by molar-refractivity contribution is -0.119. The number of carbonyl (C=O) groups excluding carboxylic acids is 2. The number of amidine groups is 2. The minimum Gasteiger partial charge on any atom is -0.325 e. The zero-order valence-electron chi connectivity index (χ0n) is 14.3. The fourth-order valence-electron chi connectivity index (χ4n) is 2.87. The molecule has 27 heavy (non-hydrogen) atoms. The molecule has 0 spiro atoms. The highest BCUT2D eigenvalue weighted by Gasteiger charge is 2.39. The lowest BCUT2D eigenvalue weighted by Gasteiger charge is -2.29. The summed E-state index contributed by atoms with van der Waals surface area (Å²) in [5, 5.41) is 3.46. The van der Waals surface area contributed by atoms with Crippen molar-refractivity contribution < 1.29 is 9.59 Å². The van der Waals surface area contributed by atoms with Gasteiger partial charge in [0.25, 0.3) is 5.91 Å². The number of hydrogen-bond acceptors (Lipinski definition) is 5. The molecule has 2 amide bonds. The van der Waals surface area contributed by atoms with Crippen LogP contribution in [-0.2, 0) is 9.59 Å². The van der Waals surface area contributed by atoms with Crippen LogP contribution in [0.25, 0.3) is 0 Å². The lowest BCUT2D eigenvalue weighted by atomic mass is 10.1. The lowest BCUT2D eigenvalue weighted by Crippen LogP contribution is -2.42. The average molecular weight is 443 g/mol. The van der Waals surface area contributed by atoms with Crippen LogP contribution in [0, 0.1) is 0 Å². The Kier molecular flexibility index (Phi) is 4.84. The van der Waals surface area contributed by atoms with E-state index in [4.69, 9.17) is 0 Å². The first-order valence-electron chi connectivity index (χ1n) is 8.31. The number of nitrogens with zero attached hydrogens (tertiary/aromatic N) is 3. The van der Waals surface area contributed by atoms with Crippen LogP contribution in [0.4, 0.5) is 11.4 Å². The SMILES string of the molecule is CC1C(=O)N=C2c3ccccc3N=C(SCC(=O)Nc3ccc(Br)cc3)N21. The Bertz CT molecular complexity index is 987. The second-order valence-electron chi connectivity index (χ2n) is 6.07. The monoisotopic (exact) mass is 442 g/mol. The van der Waals surface area contributed by atoms with Gasteiger partial charge in [0.1, 0.15) is 11.9 Å². The molecule has 0 fully saturated rings. The largest absolute Gasteiger partial charge is 0.325 e. The summed E-state index contributed by atoms with van der Waals surface area (Å²) < 4.78 is 0.949. The molecule has 1 atom stereocenters. The molecule has 2 aliphatic rings. The van der Waals surface area contributed by atoms with Gasteiger partial charge in [0.2, 0.25) is 5.91 Å². The van der Waals surface area contributed by atoms with Crippen LogP contribution in [0.3, 0.4) is 0 Å². The Labute approximate surface area is 168 Å². The highest BCUT2D eigenvalue weighted by molar-refractivity contribution is 9.10. The Balaban J connectivity index is 1.52. The van der Waals surface area contributed by atoms with Crippen molar-refractivity contribution in [2.45, 2.75) is 13.0 Å². The van der Waals surface area contributed by atoms with E-state index in [0.717, 1.165) is 21.4 Å². The second-order valence-corrected chi connectivity index (χ2v) is 7.93. The van der Waals surface area contributed by atoms with Gasteiger partial charge < -0.3 is 5.32 Å². The molecule has 1 unspecified atom stereocenters. The molecule has 136 valence electrons. The molecule has 2 heterocycles.